The molecule has 1 heterocycles. The Morgan fingerprint density at radius 3 is 2.74 bits per heavy atom. The minimum absolute atomic E-state index is 0.461. The van der Waals surface area contributed by atoms with Crippen LogP contribution in [-0.4, -0.2) is 16.7 Å². The lowest BCUT2D eigenvalue weighted by molar-refractivity contribution is 0.0636. The maximum atomic E-state index is 11.7. The molecular weight excluding hydrogens is 308 g/mol. The van der Waals surface area contributed by atoms with Crippen molar-refractivity contribution in [2.45, 2.75) is 26.4 Å². The summed E-state index contributed by atoms with van der Waals surface area (Å²) < 4.78 is 6.10. The summed E-state index contributed by atoms with van der Waals surface area (Å²) in [6, 6.07) is 5.60. The Morgan fingerprint density at radius 2 is 2.05 bits per heavy atom. The quantitative estimate of drug-likeness (QED) is 0.849. The Bertz CT molecular complexity index is 620. The van der Waals surface area contributed by atoms with E-state index in [-0.39, 0.29) is 0 Å². The van der Waals surface area contributed by atoms with Crippen LogP contribution in [0, 0.1) is 0 Å². The lowest BCUT2D eigenvalue weighted by Crippen LogP contribution is -2.27. The number of nitrogens with one attached hydrogen (secondary N) is 1. The summed E-state index contributed by atoms with van der Waals surface area (Å²) in [4.78, 5) is 15.8. The van der Waals surface area contributed by atoms with Crippen molar-refractivity contribution < 1.29 is 9.53 Å². The van der Waals surface area contributed by atoms with Gasteiger partial charge in [-0.05, 0) is 48.8 Å². The molecule has 0 unspecified atom stereocenters. The summed E-state index contributed by atoms with van der Waals surface area (Å²) in [5.41, 5.74) is 0.180. The first-order valence-corrected chi connectivity index (χ1v) is 6.68. The van der Waals surface area contributed by atoms with Crippen LogP contribution in [0.5, 0.6) is 0 Å². The summed E-state index contributed by atoms with van der Waals surface area (Å²) in [7, 11) is 0. The molecule has 19 heavy (non-hydrogen) atoms. The minimum Gasteiger partial charge on any atom is -0.444 e. The van der Waals surface area contributed by atoms with Crippen molar-refractivity contribution in [3.05, 3.63) is 35.1 Å². The van der Waals surface area contributed by atoms with Gasteiger partial charge in [0.2, 0.25) is 0 Å². The van der Waals surface area contributed by atoms with Crippen molar-refractivity contribution in [1.29, 1.82) is 0 Å². The highest BCUT2D eigenvalue weighted by atomic mass is 79.9. The topological polar surface area (TPSA) is 51.2 Å². The van der Waals surface area contributed by atoms with Gasteiger partial charge in [-0.1, -0.05) is 6.07 Å². The van der Waals surface area contributed by atoms with Gasteiger partial charge in [0.1, 0.15) is 5.60 Å². The van der Waals surface area contributed by atoms with Crippen LogP contribution < -0.4 is 5.32 Å². The molecule has 0 bridgehead atoms. The fourth-order valence-corrected chi connectivity index (χ4v) is 2.09. The van der Waals surface area contributed by atoms with E-state index < -0.39 is 11.7 Å². The Kier molecular flexibility index (Phi) is 3.75. The normalized spacial score (nSPS) is 11.4. The smallest absolute Gasteiger partial charge is 0.412 e. The fraction of sp³-hybridized carbons (Fsp3) is 0.286. The Morgan fingerprint density at radius 1 is 1.32 bits per heavy atom. The molecule has 1 N–H and O–H groups in total. The van der Waals surface area contributed by atoms with Gasteiger partial charge in [-0.15, -0.1) is 0 Å². The van der Waals surface area contributed by atoms with Gasteiger partial charge in [0.25, 0.3) is 0 Å². The van der Waals surface area contributed by atoms with E-state index in [0.29, 0.717) is 5.69 Å². The van der Waals surface area contributed by atoms with E-state index in [1.807, 2.05) is 39.0 Å². The van der Waals surface area contributed by atoms with Crippen LogP contribution >= 0.6 is 15.9 Å². The summed E-state index contributed by atoms with van der Waals surface area (Å²) in [6.45, 7) is 5.49. The molecule has 0 saturated carbocycles. The van der Waals surface area contributed by atoms with Gasteiger partial charge in [-0.25, -0.2) is 4.79 Å². The number of halogens is 1. The van der Waals surface area contributed by atoms with Crippen molar-refractivity contribution >= 4 is 38.5 Å². The molecule has 0 spiro atoms. The number of rotatable bonds is 1. The highest BCUT2D eigenvalue weighted by Crippen LogP contribution is 2.25. The third kappa shape index (κ3) is 3.67. The van der Waals surface area contributed by atoms with E-state index in [0.717, 1.165) is 15.2 Å². The van der Waals surface area contributed by atoms with E-state index in [4.69, 9.17) is 4.74 Å². The number of nitrogens with zero attached hydrogens (tertiary/aromatic N) is 1. The van der Waals surface area contributed by atoms with Crippen LogP contribution in [0.4, 0.5) is 10.5 Å². The molecule has 0 atom stereocenters. The second-order valence-corrected chi connectivity index (χ2v) is 6.04. The molecule has 0 radical (unpaired) electrons. The van der Waals surface area contributed by atoms with Gasteiger partial charge < -0.3 is 4.74 Å². The second kappa shape index (κ2) is 5.17. The van der Waals surface area contributed by atoms with Crippen LogP contribution in [0.1, 0.15) is 20.8 Å². The average molecular weight is 323 g/mol. The van der Waals surface area contributed by atoms with Crippen LogP contribution in [0.15, 0.2) is 35.1 Å². The molecule has 0 aliphatic carbocycles. The minimum atomic E-state index is -0.508. The average Bonchev–Trinajstić information content (AvgIpc) is 2.27. The van der Waals surface area contributed by atoms with E-state index in [1.165, 1.54) is 0 Å². The largest absolute Gasteiger partial charge is 0.444 e. The van der Waals surface area contributed by atoms with E-state index >= 15 is 0 Å². The number of aromatic nitrogens is 1. The van der Waals surface area contributed by atoms with Gasteiger partial charge in [-0.2, -0.15) is 0 Å². The summed E-state index contributed by atoms with van der Waals surface area (Å²) in [5, 5.41) is 4.71. The number of carbonyl (C=O) groups excluding carboxylic acids is 1. The van der Waals surface area contributed by atoms with E-state index in [9.17, 15) is 4.79 Å². The maximum Gasteiger partial charge on any atom is 0.412 e. The van der Waals surface area contributed by atoms with Gasteiger partial charge in [0.15, 0.2) is 0 Å². The van der Waals surface area contributed by atoms with Crippen molar-refractivity contribution in [3.63, 3.8) is 0 Å². The molecule has 0 aliphatic rings. The number of hydrogen-bond acceptors (Lipinski definition) is 3. The number of amides is 1. The van der Waals surface area contributed by atoms with Crippen molar-refractivity contribution in [2.24, 2.45) is 0 Å². The lowest BCUT2D eigenvalue weighted by atomic mass is 10.1. The van der Waals surface area contributed by atoms with Crippen molar-refractivity contribution in [3.8, 4) is 0 Å². The third-order valence-corrected chi connectivity index (χ3v) is 2.99. The number of ether oxygens (including phenoxy) is 1. The molecule has 0 fully saturated rings. The molecule has 0 saturated heterocycles. The number of carbonyl (C=O) groups is 1. The molecule has 4 nitrogen and oxygen atoms in total. The molecule has 5 heteroatoms. The standard InChI is InChI=1S/C14H15BrN2O2/c1-14(2,3)19-13(18)17-10-5-4-9-7-16-8-12(15)11(9)6-10/h4-8H,1-3H3,(H,17,18). The second-order valence-electron chi connectivity index (χ2n) is 5.18. The first kappa shape index (κ1) is 13.8. The third-order valence-electron chi connectivity index (χ3n) is 2.36. The monoisotopic (exact) mass is 322 g/mol. The zero-order chi connectivity index (χ0) is 14.0. The molecular formula is C14H15BrN2O2. The summed E-state index contributed by atoms with van der Waals surface area (Å²) >= 11 is 3.44. The number of pyridine rings is 1. The SMILES string of the molecule is CC(C)(C)OC(=O)Nc1ccc2cncc(Br)c2c1. The Labute approximate surface area is 120 Å². The number of benzene rings is 1. The van der Waals surface area contributed by atoms with Gasteiger partial charge in [0.05, 0.1) is 0 Å². The van der Waals surface area contributed by atoms with Crippen LogP contribution in [0.3, 0.4) is 0 Å². The van der Waals surface area contributed by atoms with Crippen LogP contribution in [-0.2, 0) is 4.74 Å². The predicted octanol–water partition coefficient (Wildman–Crippen LogP) is 4.34. The van der Waals surface area contributed by atoms with Gasteiger partial charge in [-0.3, -0.25) is 10.3 Å². The highest BCUT2D eigenvalue weighted by molar-refractivity contribution is 9.10. The molecule has 100 valence electrons. The molecule has 0 aliphatic heterocycles. The zero-order valence-corrected chi connectivity index (χ0v) is 12.6. The van der Waals surface area contributed by atoms with Gasteiger partial charge in [0, 0.05) is 33.3 Å². The number of anilines is 1. The number of fused-ring (bicyclic) bond motifs is 1. The highest BCUT2D eigenvalue weighted by Gasteiger charge is 2.16. The van der Waals surface area contributed by atoms with E-state index in [1.54, 1.807) is 12.4 Å². The molecule has 1 amide bonds. The summed E-state index contributed by atoms with van der Waals surface area (Å²) in [6.07, 6.45) is 3.04. The zero-order valence-electron chi connectivity index (χ0n) is 11.0. The van der Waals surface area contributed by atoms with E-state index in [2.05, 4.69) is 26.2 Å². The Balaban J connectivity index is 2.22. The van der Waals surface area contributed by atoms with Crippen LogP contribution in [0.25, 0.3) is 10.8 Å². The Hall–Kier alpha value is -1.62. The summed E-state index contributed by atoms with van der Waals surface area (Å²) in [5.74, 6) is 0. The number of hydrogen-bond donors (Lipinski definition) is 1. The molecule has 2 rings (SSSR count). The molecule has 1 aromatic carbocycles. The molecule has 2 aromatic rings. The van der Waals surface area contributed by atoms with Crippen molar-refractivity contribution in [2.75, 3.05) is 5.32 Å². The van der Waals surface area contributed by atoms with Gasteiger partial charge >= 0.3 is 6.09 Å². The van der Waals surface area contributed by atoms with Crippen molar-refractivity contribution in [1.82, 2.24) is 4.98 Å². The fourth-order valence-electron chi connectivity index (χ4n) is 1.63. The predicted molar refractivity (Wildman–Crippen MR) is 79.3 cm³/mol. The maximum absolute atomic E-state index is 11.7. The first-order valence-electron chi connectivity index (χ1n) is 5.88. The molecule has 1 aromatic heterocycles. The van der Waals surface area contributed by atoms with Crippen LogP contribution in [0.2, 0.25) is 0 Å². The lowest BCUT2D eigenvalue weighted by Gasteiger charge is -2.19. The first-order chi connectivity index (χ1) is 8.85.